The lowest BCUT2D eigenvalue weighted by atomic mass is 9.80. The minimum absolute atomic E-state index is 0.223. The molecule has 0 fully saturated rings. The van der Waals surface area contributed by atoms with Crippen molar-refractivity contribution in [2.75, 3.05) is 0 Å². The zero-order valence-corrected chi connectivity index (χ0v) is 32.8. The maximum atomic E-state index is 11.2. The van der Waals surface area contributed by atoms with Crippen molar-refractivity contribution >= 4 is 5.97 Å². The Bertz CT molecular complexity index is 658. The molecule has 0 heterocycles. The van der Waals surface area contributed by atoms with E-state index in [4.69, 9.17) is 0 Å². The second-order valence-corrected chi connectivity index (χ2v) is 17.4. The Morgan fingerprint density at radius 1 is 0.378 bits per heavy atom. The Morgan fingerprint density at radius 2 is 0.622 bits per heavy atom. The number of aliphatic carboxylic acids is 1. The van der Waals surface area contributed by atoms with E-state index in [0.717, 1.165) is 48.3 Å². The second kappa shape index (κ2) is 28.5. The third kappa shape index (κ3) is 28.2. The van der Waals surface area contributed by atoms with Crippen LogP contribution in [0.3, 0.4) is 0 Å². The van der Waals surface area contributed by atoms with Crippen molar-refractivity contribution in [2.24, 2.45) is 53.3 Å². The molecule has 1 N–H and O–H groups in total. The number of carboxylic acid groups (broad SMARTS) is 1. The van der Waals surface area contributed by atoms with Gasteiger partial charge in [-0.1, -0.05) is 166 Å². The maximum absolute atomic E-state index is 11.2. The summed E-state index contributed by atoms with van der Waals surface area (Å²) >= 11 is 0. The molecule has 2 nitrogen and oxygen atoms in total. The van der Waals surface area contributed by atoms with Crippen molar-refractivity contribution in [3.8, 4) is 0 Å². The molecule has 0 aliphatic rings. The summed E-state index contributed by atoms with van der Waals surface area (Å²) in [5.74, 6) is 5.23. The monoisotopic (exact) mass is 635 g/mol. The van der Waals surface area contributed by atoms with Crippen molar-refractivity contribution in [3.05, 3.63) is 0 Å². The number of rotatable bonds is 32. The highest BCUT2D eigenvalue weighted by Crippen LogP contribution is 2.32. The lowest BCUT2D eigenvalue weighted by Gasteiger charge is -2.26. The standard InChI is InChI=1S/C43H86O2/c1-11-12-13-14-15-16-17-18-19-20-21-22-23-24-25-34(2)26-35(3)27-36(4)28-37(5)29-38(6)30-39(7)31-40(8)32-41(9)33-42(10)43(44)45/h34-42H,11-33H2,1-10H3,(H,44,45)/t34-,35-,36-,37-,38-,39-,40-,41-,42-/m0/s1. The van der Waals surface area contributed by atoms with E-state index in [9.17, 15) is 9.90 Å². The first-order chi connectivity index (χ1) is 21.3. The summed E-state index contributed by atoms with van der Waals surface area (Å²) in [6, 6.07) is 0. The van der Waals surface area contributed by atoms with Crippen LogP contribution in [0.15, 0.2) is 0 Å². The molecule has 0 aromatic heterocycles. The summed E-state index contributed by atoms with van der Waals surface area (Å²) in [7, 11) is 0. The van der Waals surface area contributed by atoms with Crippen molar-refractivity contribution in [1.82, 2.24) is 0 Å². The van der Waals surface area contributed by atoms with Gasteiger partial charge in [0, 0.05) is 0 Å². The fraction of sp³-hybridized carbons (Fsp3) is 0.977. The Kier molecular flexibility index (Phi) is 28.1. The fourth-order valence-electron chi connectivity index (χ4n) is 8.99. The van der Waals surface area contributed by atoms with Crippen LogP contribution in [-0.4, -0.2) is 11.1 Å². The van der Waals surface area contributed by atoms with Crippen LogP contribution in [-0.2, 0) is 4.79 Å². The fourth-order valence-corrected chi connectivity index (χ4v) is 8.99. The lowest BCUT2D eigenvalue weighted by Crippen LogP contribution is -2.16. The van der Waals surface area contributed by atoms with Gasteiger partial charge in [-0.05, 0) is 98.7 Å². The minimum Gasteiger partial charge on any atom is -0.481 e. The van der Waals surface area contributed by atoms with Gasteiger partial charge >= 0.3 is 5.97 Å². The first-order valence-electron chi connectivity index (χ1n) is 20.6. The molecule has 0 aromatic carbocycles. The van der Waals surface area contributed by atoms with Crippen LogP contribution in [0.5, 0.6) is 0 Å². The van der Waals surface area contributed by atoms with E-state index in [2.05, 4.69) is 62.3 Å². The van der Waals surface area contributed by atoms with E-state index in [1.165, 1.54) is 135 Å². The molecule has 0 amide bonds. The zero-order chi connectivity index (χ0) is 34.0. The summed E-state index contributed by atoms with van der Waals surface area (Å²) in [6.45, 7) is 23.7. The molecule has 0 saturated heterocycles. The Balaban J connectivity index is 3.92. The van der Waals surface area contributed by atoms with Crippen molar-refractivity contribution in [3.63, 3.8) is 0 Å². The predicted octanol–water partition coefficient (Wildman–Crippen LogP) is 14.8. The normalized spacial score (nSPS) is 18.1. The third-order valence-electron chi connectivity index (χ3n) is 10.9. The van der Waals surface area contributed by atoms with Crippen LogP contribution in [0, 0.1) is 53.3 Å². The average Bonchev–Trinajstić information content (AvgIpc) is 2.92. The highest BCUT2D eigenvalue weighted by atomic mass is 16.4. The van der Waals surface area contributed by atoms with Crippen molar-refractivity contribution < 1.29 is 9.90 Å². The highest BCUT2D eigenvalue weighted by Gasteiger charge is 2.21. The Labute approximate surface area is 285 Å². The van der Waals surface area contributed by atoms with Crippen molar-refractivity contribution in [1.29, 1.82) is 0 Å². The summed E-state index contributed by atoms with van der Waals surface area (Å²) < 4.78 is 0. The van der Waals surface area contributed by atoms with Gasteiger partial charge < -0.3 is 5.11 Å². The molecular formula is C43H86O2. The van der Waals surface area contributed by atoms with Gasteiger partial charge in [-0.15, -0.1) is 0 Å². The SMILES string of the molecule is CCCCCCCCCCCCCCCC[C@H](C)C[C@H](C)C[C@H](C)C[C@H](C)C[C@H](C)C[C@H](C)C[C@H](C)C[C@H](C)C[C@H](C)C(=O)O. The lowest BCUT2D eigenvalue weighted by molar-refractivity contribution is -0.141. The molecule has 270 valence electrons. The molecule has 0 aromatic rings. The van der Waals surface area contributed by atoms with Gasteiger partial charge in [0.25, 0.3) is 0 Å². The van der Waals surface area contributed by atoms with Gasteiger partial charge in [0.1, 0.15) is 0 Å². The highest BCUT2D eigenvalue weighted by molar-refractivity contribution is 5.69. The predicted molar refractivity (Wildman–Crippen MR) is 202 cm³/mol. The summed E-state index contributed by atoms with van der Waals surface area (Å²) in [6.07, 6.45) is 31.9. The first kappa shape index (κ1) is 44.5. The molecule has 0 rings (SSSR count). The Hall–Kier alpha value is -0.530. The van der Waals surface area contributed by atoms with Gasteiger partial charge in [-0.3, -0.25) is 4.79 Å². The molecule has 0 aliphatic heterocycles. The number of carboxylic acids is 1. The molecule has 45 heavy (non-hydrogen) atoms. The maximum Gasteiger partial charge on any atom is 0.306 e. The molecule has 0 radical (unpaired) electrons. The van der Waals surface area contributed by atoms with Gasteiger partial charge in [-0.2, -0.15) is 0 Å². The van der Waals surface area contributed by atoms with Gasteiger partial charge in [0.15, 0.2) is 0 Å². The van der Waals surface area contributed by atoms with Crippen LogP contribution in [0.4, 0.5) is 0 Å². The quantitative estimate of drug-likeness (QED) is 0.0747. The van der Waals surface area contributed by atoms with E-state index in [1.807, 2.05) is 6.92 Å². The van der Waals surface area contributed by atoms with Crippen LogP contribution < -0.4 is 0 Å². The van der Waals surface area contributed by atoms with Gasteiger partial charge in [0.2, 0.25) is 0 Å². The number of carbonyl (C=O) groups is 1. The Morgan fingerprint density at radius 3 is 0.911 bits per heavy atom. The second-order valence-electron chi connectivity index (χ2n) is 17.4. The topological polar surface area (TPSA) is 37.3 Å². The smallest absolute Gasteiger partial charge is 0.306 e. The first-order valence-corrected chi connectivity index (χ1v) is 20.6. The zero-order valence-electron chi connectivity index (χ0n) is 32.8. The average molecular weight is 635 g/mol. The van der Waals surface area contributed by atoms with Gasteiger partial charge in [0.05, 0.1) is 5.92 Å². The van der Waals surface area contributed by atoms with E-state index < -0.39 is 5.97 Å². The van der Waals surface area contributed by atoms with Crippen LogP contribution in [0.2, 0.25) is 0 Å². The molecule has 0 bridgehead atoms. The molecular weight excluding hydrogens is 548 g/mol. The molecule has 9 atom stereocenters. The summed E-state index contributed by atoms with van der Waals surface area (Å²) in [4.78, 5) is 11.2. The third-order valence-corrected chi connectivity index (χ3v) is 10.9. The molecule has 0 saturated carbocycles. The van der Waals surface area contributed by atoms with Crippen molar-refractivity contribution in [2.45, 2.75) is 217 Å². The van der Waals surface area contributed by atoms with E-state index in [-0.39, 0.29) is 5.92 Å². The number of unbranched alkanes of at least 4 members (excludes halogenated alkanes) is 13. The van der Waals surface area contributed by atoms with E-state index >= 15 is 0 Å². The van der Waals surface area contributed by atoms with Crippen LogP contribution in [0.25, 0.3) is 0 Å². The molecule has 0 spiro atoms. The number of hydrogen-bond acceptors (Lipinski definition) is 1. The minimum atomic E-state index is -0.653. The summed E-state index contributed by atoms with van der Waals surface area (Å²) in [5.41, 5.74) is 0. The van der Waals surface area contributed by atoms with Crippen LogP contribution >= 0.6 is 0 Å². The summed E-state index contributed by atoms with van der Waals surface area (Å²) in [5, 5.41) is 9.21. The van der Waals surface area contributed by atoms with Crippen LogP contribution in [0.1, 0.15) is 217 Å². The van der Waals surface area contributed by atoms with E-state index in [0.29, 0.717) is 11.8 Å². The molecule has 0 unspecified atom stereocenters. The molecule has 2 heteroatoms. The largest absolute Gasteiger partial charge is 0.481 e. The molecule has 0 aliphatic carbocycles. The van der Waals surface area contributed by atoms with Gasteiger partial charge in [-0.25, -0.2) is 0 Å². The number of hydrogen-bond donors (Lipinski definition) is 1. The van der Waals surface area contributed by atoms with E-state index in [1.54, 1.807) is 0 Å².